The number of carbonyl (C=O) groups excluding carboxylic acids is 1. The van der Waals surface area contributed by atoms with Crippen LogP contribution in [0.5, 0.6) is 5.75 Å². The number of amides is 1. The van der Waals surface area contributed by atoms with Crippen molar-refractivity contribution in [3.05, 3.63) is 64.3 Å². The van der Waals surface area contributed by atoms with E-state index < -0.39 is 0 Å². The van der Waals surface area contributed by atoms with E-state index in [9.17, 15) is 4.79 Å². The third-order valence-corrected chi connectivity index (χ3v) is 6.13. The highest BCUT2D eigenvalue weighted by molar-refractivity contribution is 6.31. The lowest BCUT2D eigenvalue weighted by molar-refractivity contribution is 0.0852. The number of nitrogens with zero attached hydrogens (tertiary/aromatic N) is 1. The molecule has 2 aliphatic rings. The van der Waals surface area contributed by atoms with Gasteiger partial charge in [-0.15, -0.1) is 0 Å². The summed E-state index contributed by atoms with van der Waals surface area (Å²) >= 11 is 6.25. The Morgan fingerprint density at radius 1 is 1.21 bits per heavy atom. The highest BCUT2D eigenvalue weighted by Gasteiger charge is 2.36. The van der Waals surface area contributed by atoms with Crippen molar-refractivity contribution in [2.24, 2.45) is 5.92 Å². The Bertz CT molecular complexity index is 1060. The monoisotopic (exact) mass is 410 g/mol. The standard InChI is InChI=1S/C23H23ClN2O3/c1-28-17-7-4-15(5-8-17)22-21-18(19-12-16(24)6-9-20(19)25-21)10-11-26(22)23(27)29-13-14-2-3-14/h4-9,12,14,22,25H,2-3,10-11,13H2,1H3/t22-/m0/s1. The minimum absolute atomic E-state index is 0.234. The Labute approximate surface area is 174 Å². The first-order valence-corrected chi connectivity index (χ1v) is 10.4. The summed E-state index contributed by atoms with van der Waals surface area (Å²) in [4.78, 5) is 18.3. The van der Waals surface area contributed by atoms with E-state index in [-0.39, 0.29) is 12.1 Å². The molecule has 29 heavy (non-hydrogen) atoms. The van der Waals surface area contributed by atoms with Crippen LogP contribution >= 0.6 is 11.6 Å². The van der Waals surface area contributed by atoms with Gasteiger partial charge in [0, 0.05) is 28.2 Å². The second kappa shape index (κ2) is 7.30. The van der Waals surface area contributed by atoms with Crippen LogP contribution in [0.1, 0.15) is 35.7 Å². The molecule has 1 aliphatic heterocycles. The van der Waals surface area contributed by atoms with Crippen LogP contribution in [0.4, 0.5) is 4.79 Å². The van der Waals surface area contributed by atoms with Gasteiger partial charge in [-0.05, 0) is 66.6 Å². The summed E-state index contributed by atoms with van der Waals surface area (Å²) in [5, 5.41) is 1.84. The maximum atomic E-state index is 13.0. The zero-order valence-electron chi connectivity index (χ0n) is 16.3. The Morgan fingerprint density at radius 2 is 2.00 bits per heavy atom. The number of hydrogen-bond acceptors (Lipinski definition) is 3. The molecule has 0 radical (unpaired) electrons. The molecule has 1 aliphatic carbocycles. The van der Waals surface area contributed by atoms with Crippen molar-refractivity contribution in [3.8, 4) is 5.75 Å². The second-order valence-electron chi connectivity index (χ2n) is 7.85. The van der Waals surface area contributed by atoms with Gasteiger partial charge in [0.2, 0.25) is 0 Å². The molecule has 0 saturated heterocycles. The van der Waals surface area contributed by atoms with Crippen LogP contribution in [0.3, 0.4) is 0 Å². The van der Waals surface area contributed by atoms with E-state index in [1.165, 1.54) is 5.56 Å². The van der Waals surface area contributed by atoms with Crippen molar-refractivity contribution >= 4 is 28.6 Å². The number of ether oxygens (including phenoxy) is 2. The van der Waals surface area contributed by atoms with Gasteiger partial charge < -0.3 is 14.5 Å². The van der Waals surface area contributed by atoms with E-state index in [4.69, 9.17) is 21.1 Å². The maximum absolute atomic E-state index is 13.0. The molecule has 3 aromatic rings. The molecule has 0 bridgehead atoms. The quantitative estimate of drug-likeness (QED) is 0.633. The van der Waals surface area contributed by atoms with E-state index in [0.29, 0.717) is 24.1 Å². The fourth-order valence-corrected chi connectivity index (χ4v) is 4.32. The average molecular weight is 411 g/mol. The molecule has 2 heterocycles. The zero-order chi connectivity index (χ0) is 20.0. The molecular weight excluding hydrogens is 388 g/mol. The predicted molar refractivity (Wildman–Crippen MR) is 113 cm³/mol. The molecule has 0 spiro atoms. The summed E-state index contributed by atoms with van der Waals surface area (Å²) in [7, 11) is 1.65. The van der Waals surface area contributed by atoms with Crippen LogP contribution in [0.15, 0.2) is 42.5 Å². The number of rotatable bonds is 4. The number of carbonyl (C=O) groups is 1. The smallest absolute Gasteiger partial charge is 0.410 e. The summed E-state index contributed by atoms with van der Waals surface area (Å²) in [6.45, 7) is 1.12. The van der Waals surface area contributed by atoms with Crippen molar-refractivity contribution in [2.75, 3.05) is 20.3 Å². The molecule has 1 aromatic heterocycles. The maximum Gasteiger partial charge on any atom is 0.410 e. The molecular formula is C23H23ClN2O3. The second-order valence-corrected chi connectivity index (χ2v) is 8.28. The van der Waals surface area contributed by atoms with Gasteiger partial charge in [-0.3, -0.25) is 4.90 Å². The van der Waals surface area contributed by atoms with E-state index in [2.05, 4.69) is 4.98 Å². The first-order valence-electron chi connectivity index (χ1n) is 10.0. The minimum Gasteiger partial charge on any atom is -0.497 e. The Hall–Kier alpha value is -2.66. The Kier molecular flexibility index (Phi) is 4.63. The van der Waals surface area contributed by atoms with Crippen molar-refractivity contribution in [2.45, 2.75) is 25.3 Å². The molecule has 5 rings (SSSR count). The lowest BCUT2D eigenvalue weighted by atomic mass is 9.92. The third-order valence-electron chi connectivity index (χ3n) is 5.89. The highest BCUT2D eigenvalue weighted by atomic mass is 35.5. The largest absolute Gasteiger partial charge is 0.497 e. The van der Waals surface area contributed by atoms with Gasteiger partial charge in [0.25, 0.3) is 0 Å². The van der Waals surface area contributed by atoms with Crippen molar-refractivity contribution in [1.82, 2.24) is 9.88 Å². The van der Waals surface area contributed by atoms with Gasteiger partial charge >= 0.3 is 6.09 Å². The Balaban J connectivity index is 1.57. The number of fused-ring (bicyclic) bond motifs is 3. The molecule has 150 valence electrons. The number of H-pyrrole nitrogens is 1. The molecule has 6 heteroatoms. The number of benzene rings is 2. The fourth-order valence-electron chi connectivity index (χ4n) is 4.15. The van der Waals surface area contributed by atoms with Crippen LogP contribution in [-0.2, 0) is 11.2 Å². The van der Waals surface area contributed by atoms with Crippen LogP contribution in [0, 0.1) is 5.92 Å². The number of aromatic amines is 1. The SMILES string of the molecule is COc1ccc([C@H]2c3[nH]c4ccc(Cl)cc4c3CCN2C(=O)OCC2CC2)cc1. The number of halogens is 1. The Morgan fingerprint density at radius 3 is 2.72 bits per heavy atom. The number of aromatic nitrogens is 1. The van der Waals surface area contributed by atoms with E-state index >= 15 is 0 Å². The average Bonchev–Trinajstić information content (AvgIpc) is 3.51. The van der Waals surface area contributed by atoms with E-state index in [0.717, 1.165) is 47.2 Å². The van der Waals surface area contributed by atoms with Gasteiger partial charge in [-0.25, -0.2) is 4.79 Å². The van der Waals surface area contributed by atoms with Crippen LogP contribution in [0.25, 0.3) is 10.9 Å². The normalized spacial score (nSPS) is 18.6. The van der Waals surface area contributed by atoms with E-state index in [1.807, 2.05) is 47.4 Å². The van der Waals surface area contributed by atoms with Gasteiger partial charge in [-0.1, -0.05) is 23.7 Å². The van der Waals surface area contributed by atoms with Gasteiger partial charge in [0.05, 0.1) is 13.7 Å². The van der Waals surface area contributed by atoms with Crippen LogP contribution in [0.2, 0.25) is 5.02 Å². The summed E-state index contributed by atoms with van der Waals surface area (Å²) in [5.41, 5.74) is 4.30. The topological polar surface area (TPSA) is 54.6 Å². The van der Waals surface area contributed by atoms with Crippen molar-refractivity contribution < 1.29 is 14.3 Å². The lowest BCUT2D eigenvalue weighted by Crippen LogP contribution is -2.41. The number of nitrogens with one attached hydrogen (secondary N) is 1. The third kappa shape index (κ3) is 3.44. The highest BCUT2D eigenvalue weighted by Crippen LogP contribution is 2.40. The van der Waals surface area contributed by atoms with Gasteiger partial charge in [0.15, 0.2) is 0 Å². The van der Waals surface area contributed by atoms with Crippen molar-refractivity contribution in [1.29, 1.82) is 0 Å². The molecule has 1 atom stereocenters. The molecule has 1 saturated carbocycles. The number of hydrogen-bond donors (Lipinski definition) is 1. The zero-order valence-corrected chi connectivity index (χ0v) is 17.0. The molecule has 5 nitrogen and oxygen atoms in total. The lowest BCUT2D eigenvalue weighted by Gasteiger charge is -2.35. The number of methoxy groups -OCH3 is 1. The van der Waals surface area contributed by atoms with Crippen LogP contribution in [-0.4, -0.2) is 36.2 Å². The molecule has 0 unspecified atom stereocenters. The summed E-state index contributed by atoms with van der Waals surface area (Å²) in [6.07, 6.45) is 2.82. The first kappa shape index (κ1) is 18.4. The minimum atomic E-state index is -0.250. The summed E-state index contributed by atoms with van der Waals surface area (Å²) in [6, 6.07) is 13.5. The van der Waals surface area contributed by atoms with E-state index in [1.54, 1.807) is 7.11 Å². The molecule has 1 amide bonds. The molecule has 1 N–H and O–H groups in total. The van der Waals surface area contributed by atoms with Crippen molar-refractivity contribution in [3.63, 3.8) is 0 Å². The molecule has 2 aromatic carbocycles. The fraction of sp³-hybridized carbons (Fsp3) is 0.348. The van der Waals surface area contributed by atoms with Gasteiger partial charge in [-0.2, -0.15) is 0 Å². The molecule has 1 fully saturated rings. The summed E-state index contributed by atoms with van der Waals surface area (Å²) in [5.74, 6) is 1.32. The van der Waals surface area contributed by atoms with Gasteiger partial charge in [0.1, 0.15) is 11.8 Å². The first-order chi connectivity index (χ1) is 14.1. The van der Waals surface area contributed by atoms with Crippen LogP contribution < -0.4 is 4.74 Å². The summed E-state index contributed by atoms with van der Waals surface area (Å²) < 4.78 is 10.9. The predicted octanol–water partition coefficient (Wildman–Crippen LogP) is 5.32.